The Morgan fingerprint density at radius 1 is 1.30 bits per heavy atom. The number of nitrogens with zero attached hydrogens (tertiary/aromatic N) is 2. The zero-order chi connectivity index (χ0) is 18.9. The molecule has 1 saturated heterocycles. The van der Waals surface area contributed by atoms with Crippen LogP contribution in [-0.2, 0) is 6.54 Å². The molecule has 3 aromatic rings. The number of nitrogens with one attached hydrogen (secondary N) is 2. The largest absolute Gasteiger partial charge is 0.351 e. The second kappa shape index (κ2) is 7.44. The van der Waals surface area contributed by atoms with Gasteiger partial charge in [-0.3, -0.25) is 9.48 Å². The Balaban J connectivity index is 1.51. The molecule has 4 rings (SSSR count). The molecule has 1 amide bonds. The minimum absolute atomic E-state index is 0.0293. The maximum atomic E-state index is 12.7. The number of aryl methyl sites for hydroxylation is 1. The minimum Gasteiger partial charge on any atom is -0.351 e. The van der Waals surface area contributed by atoms with Gasteiger partial charge in [0, 0.05) is 11.9 Å². The average Bonchev–Trinajstić information content (AvgIpc) is 3.23. The van der Waals surface area contributed by atoms with Crippen molar-refractivity contribution in [3.8, 4) is 0 Å². The standard InChI is InChI=1S/C21H26N4OS/c1-15-17-12-18(19(26)23-14-21(2)8-10-22-11-9-21)27-20(17)25(24-15)13-16-6-4-3-5-7-16/h3-7,12,22H,8-11,13-14H2,1-2H3,(H,23,26). The van der Waals surface area contributed by atoms with Gasteiger partial charge in [-0.05, 0) is 49.9 Å². The van der Waals surface area contributed by atoms with Gasteiger partial charge in [0.05, 0.1) is 17.1 Å². The highest BCUT2D eigenvalue weighted by Gasteiger charge is 2.27. The molecular weight excluding hydrogens is 356 g/mol. The topological polar surface area (TPSA) is 59.0 Å². The van der Waals surface area contributed by atoms with Crippen LogP contribution in [0.15, 0.2) is 36.4 Å². The first-order chi connectivity index (χ1) is 13.0. The normalized spacial score (nSPS) is 16.5. The molecule has 1 fully saturated rings. The Bertz CT molecular complexity index is 938. The molecule has 2 aromatic heterocycles. The van der Waals surface area contributed by atoms with Crippen molar-refractivity contribution in [1.29, 1.82) is 0 Å². The summed E-state index contributed by atoms with van der Waals surface area (Å²) in [7, 11) is 0. The van der Waals surface area contributed by atoms with Gasteiger partial charge in [0.25, 0.3) is 5.91 Å². The van der Waals surface area contributed by atoms with Gasteiger partial charge >= 0.3 is 0 Å². The molecule has 6 heteroatoms. The average molecular weight is 383 g/mol. The quantitative estimate of drug-likeness (QED) is 0.709. The van der Waals surface area contributed by atoms with Crippen molar-refractivity contribution in [3.05, 3.63) is 52.5 Å². The SMILES string of the molecule is Cc1nn(Cc2ccccc2)c2sc(C(=O)NCC3(C)CCNCC3)cc12. The summed E-state index contributed by atoms with van der Waals surface area (Å²) in [6, 6.07) is 12.3. The fraction of sp³-hybridized carbons (Fsp3) is 0.429. The predicted octanol–water partition coefficient (Wildman–Crippen LogP) is 3.57. The number of hydrogen-bond donors (Lipinski definition) is 2. The molecule has 0 spiro atoms. The Labute approximate surface area is 163 Å². The van der Waals surface area contributed by atoms with Crippen LogP contribution in [0.1, 0.15) is 40.7 Å². The molecule has 0 saturated carbocycles. The van der Waals surface area contributed by atoms with E-state index in [0.29, 0.717) is 0 Å². The number of carbonyl (C=O) groups excluding carboxylic acids is 1. The molecular formula is C21H26N4OS. The van der Waals surface area contributed by atoms with Gasteiger partial charge in [-0.15, -0.1) is 11.3 Å². The number of aromatic nitrogens is 2. The maximum absolute atomic E-state index is 12.7. The molecule has 27 heavy (non-hydrogen) atoms. The summed E-state index contributed by atoms with van der Waals surface area (Å²) >= 11 is 1.53. The van der Waals surface area contributed by atoms with E-state index in [-0.39, 0.29) is 11.3 Å². The van der Waals surface area contributed by atoms with Crippen LogP contribution in [0, 0.1) is 12.3 Å². The molecule has 0 bridgehead atoms. The van der Waals surface area contributed by atoms with Gasteiger partial charge in [-0.2, -0.15) is 5.10 Å². The number of fused-ring (bicyclic) bond motifs is 1. The molecule has 1 aromatic carbocycles. The number of benzene rings is 1. The van der Waals surface area contributed by atoms with Crippen molar-refractivity contribution in [2.24, 2.45) is 5.41 Å². The first-order valence-electron chi connectivity index (χ1n) is 9.54. The molecule has 0 atom stereocenters. The summed E-state index contributed by atoms with van der Waals surface area (Å²) in [6.07, 6.45) is 2.20. The highest BCUT2D eigenvalue weighted by atomic mass is 32.1. The lowest BCUT2D eigenvalue weighted by Crippen LogP contribution is -2.42. The highest BCUT2D eigenvalue weighted by molar-refractivity contribution is 7.20. The van der Waals surface area contributed by atoms with E-state index in [1.54, 1.807) is 0 Å². The summed E-state index contributed by atoms with van der Waals surface area (Å²) < 4.78 is 2.01. The molecule has 142 valence electrons. The van der Waals surface area contributed by atoms with Crippen molar-refractivity contribution >= 4 is 27.5 Å². The van der Waals surface area contributed by atoms with E-state index in [2.05, 4.69) is 34.8 Å². The van der Waals surface area contributed by atoms with Crippen molar-refractivity contribution < 1.29 is 4.79 Å². The van der Waals surface area contributed by atoms with Crippen LogP contribution >= 0.6 is 11.3 Å². The van der Waals surface area contributed by atoms with Gasteiger partial charge in [0.1, 0.15) is 4.83 Å². The minimum atomic E-state index is 0.0293. The van der Waals surface area contributed by atoms with Crippen molar-refractivity contribution in [1.82, 2.24) is 20.4 Å². The number of thiophene rings is 1. The molecule has 0 radical (unpaired) electrons. The van der Waals surface area contributed by atoms with E-state index in [1.165, 1.54) is 16.9 Å². The number of rotatable bonds is 5. The Kier molecular flexibility index (Phi) is 5.02. The first kappa shape index (κ1) is 18.2. The zero-order valence-corrected chi connectivity index (χ0v) is 16.7. The molecule has 1 aliphatic rings. The highest BCUT2D eigenvalue weighted by Crippen LogP contribution is 2.30. The number of piperidine rings is 1. The molecule has 3 heterocycles. The van der Waals surface area contributed by atoms with Crippen molar-refractivity contribution in [2.75, 3.05) is 19.6 Å². The fourth-order valence-corrected chi connectivity index (χ4v) is 4.75. The number of amides is 1. The van der Waals surface area contributed by atoms with Gasteiger partial charge in [-0.1, -0.05) is 37.3 Å². The number of hydrogen-bond acceptors (Lipinski definition) is 4. The van der Waals surface area contributed by atoms with Crippen LogP contribution in [0.25, 0.3) is 10.2 Å². The molecule has 0 unspecified atom stereocenters. The first-order valence-corrected chi connectivity index (χ1v) is 10.4. The summed E-state index contributed by atoms with van der Waals surface area (Å²) in [5.74, 6) is 0.0293. The van der Waals surface area contributed by atoms with E-state index < -0.39 is 0 Å². The monoisotopic (exact) mass is 382 g/mol. The second-order valence-electron chi connectivity index (χ2n) is 7.80. The van der Waals surface area contributed by atoms with E-state index >= 15 is 0 Å². The Morgan fingerprint density at radius 3 is 2.78 bits per heavy atom. The van der Waals surface area contributed by atoms with E-state index in [0.717, 1.165) is 59.8 Å². The molecule has 5 nitrogen and oxygen atoms in total. The molecule has 0 aliphatic carbocycles. The Hall–Kier alpha value is -2.18. The van der Waals surface area contributed by atoms with E-state index in [9.17, 15) is 4.79 Å². The summed E-state index contributed by atoms with van der Waals surface area (Å²) in [4.78, 5) is 14.6. The molecule has 2 N–H and O–H groups in total. The van der Waals surface area contributed by atoms with Crippen LogP contribution in [-0.4, -0.2) is 35.3 Å². The number of carbonyl (C=O) groups is 1. The van der Waals surface area contributed by atoms with Gasteiger partial charge in [-0.25, -0.2) is 0 Å². The summed E-state index contributed by atoms with van der Waals surface area (Å²) in [5, 5.41) is 12.3. The maximum Gasteiger partial charge on any atom is 0.261 e. The van der Waals surface area contributed by atoms with Gasteiger partial charge in [0.15, 0.2) is 0 Å². The fourth-order valence-electron chi connectivity index (χ4n) is 3.68. The lowest BCUT2D eigenvalue weighted by molar-refractivity contribution is 0.0926. The smallest absolute Gasteiger partial charge is 0.261 e. The van der Waals surface area contributed by atoms with E-state index in [4.69, 9.17) is 0 Å². The predicted molar refractivity (Wildman–Crippen MR) is 110 cm³/mol. The lowest BCUT2D eigenvalue weighted by atomic mass is 9.81. The summed E-state index contributed by atoms with van der Waals surface area (Å²) in [6.45, 7) is 7.79. The van der Waals surface area contributed by atoms with Crippen molar-refractivity contribution in [2.45, 2.75) is 33.2 Å². The van der Waals surface area contributed by atoms with Crippen LogP contribution in [0.3, 0.4) is 0 Å². The summed E-state index contributed by atoms with van der Waals surface area (Å²) in [5.41, 5.74) is 2.37. The van der Waals surface area contributed by atoms with Crippen LogP contribution in [0.2, 0.25) is 0 Å². The third-order valence-corrected chi connectivity index (χ3v) is 6.64. The van der Waals surface area contributed by atoms with Crippen molar-refractivity contribution in [3.63, 3.8) is 0 Å². The zero-order valence-electron chi connectivity index (χ0n) is 15.9. The third-order valence-electron chi connectivity index (χ3n) is 5.49. The third kappa shape index (κ3) is 3.92. The molecule has 1 aliphatic heterocycles. The van der Waals surface area contributed by atoms with Crippen LogP contribution < -0.4 is 10.6 Å². The van der Waals surface area contributed by atoms with Gasteiger partial charge in [0.2, 0.25) is 0 Å². The van der Waals surface area contributed by atoms with Crippen LogP contribution in [0.4, 0.5) is 0 Å². The van der Waals surface area contributed by atoms with E-state index in [1.807, 2.05) is 35.9 Å². The lowest BCUT2D eigenvalue weighted by Gasteiger charge is -2.34. The Morgan fingerprint density at radius 2 is 2.04 bits per heavy atom. The second-order valence-corrected chi connectivity index (χ2v) is 8.83. The van der Waals surface area contributed by atoms with Gasteiger partial charge < -0.3 is 10.6 Å². The van der Waals surface area contributed by atoms with Crippen LogP contribution in [0.5, 0.6) is 0 Å².